The second-order valence-corrected chi connectivity index (χ2v) is 0. The van der Waals surface area contributed by atoms with Gasteiger partial charge in [-0.2, -0.15) is 0 Å². The summed E-state index contributed by atoms with van der Waals surface area (Å²) in [5, 5.41) is 0. The maximum atomic E-state index is 0. The van der Waals surface area contributed by atoms with Gasteiger partial charge in [0, 0.05) is 0 Å². The Morgan fingerprint density at radius 2 is 0.400 bits per heavy atom. The Kier molecular flexibility index (Phi) is 135. The van der Waals surface area contributed by atoms with Gasteiger partial charge in [-0.15, -0.1) is 0 Å². The third-order valence-electron chi connectivity index (χ3n) is 0. The molecule has 0 aliphatic heterocycles. The third-order valence-corrected chi connectivity index (χ3v) is 0. The van der Waals surface area contributed by atoms with Crippen molar-refractivity contribution in [1.82, 2.24) is 0 Å². The van der Waals surface area contributed by atoms with E-state index in [0.29, 0.717) is 0 Å². The first-order chi connectivity index (χ1) is 0. The first-order valence-electron chi connectivity index (χ1n) is 0. The molecule has 0 bridgehead atoms. The molecule has 0 aliphatic rings. The molecule has 5 heavy (non-hydrogen) atoms. The van der Waals surface area contributed by atoms with Crippen LogP contribution in [-0.2, 0) is 0 Å². The monoisotopic (exact) mass is 178 g/mol. The van der Waals surface area contributed by atoms with E-state index in [0.717, 1.165) is 0 Å². The van der Waals surface area contributed by atoms with Crippen LogP contribution in [0.5, 0.6) is 0 Å². The molecule has 0 aromatic heterocycles. The summed E-state index contributed by atoms with van der Waals surface area (Å²) in [7, 11) is 0. The molecule has 0 atom stereocenters. The van der Waals surface area contributed by atoms with Crippen molar-refractivity contribution in [3.05, 3.63) is 0 Å². The number of hydrogen-bond acceptors (Lipinski definition) is 0. The molecular formula is H6K4O. The fourth-order valence-corrected chi connectivity index (χ4v) is 0. The molecule has 0 aromatic rings. The molecule has 0 unspecified atom stereocenters. The van der Waals surface area contributed by atoms with E-state index < -0.39 is 0 Å². The molecule has 0 fully saturated rings. The van der Waals surface area contributed by atoms with E-state index in [1.807, 2.05) is 0 Å². The molecule has 0 rings (SSSR count). The fourth-order valence-electron chi connectivity index (χ4n) is 0. The standard InChI is InChI=1S/4K.H2O.4H/h;;;;1H2;;;;. The minimum atomic E-state index is 0. The molecule has 0 saturated carbocycles. The summed E-state index contributed by atoms with van der Waals surface area (Å²) in [4.78, 5) is 0. The van der Waals surface area contributed by atoms with E-state index in [-0.39, 0.29) is 211 Å². The molecular weight excluding hydrogens is 172 g/mol. The Balaban J connectivity index is 0. The van der Waals surface area contributed by atoms with Crippen molar-refractivity contribution in [2.75, 3.05) is 0 Å². The zero-order valence-corrected chi connectivity index (χ0v) is 0.500. The molecule has 0 saturated heterocycles. The van der Waals surface area contributed by atoms with Crippen LogP contribution in [0.25, 0.3) is 0 Å². The first-order valence-corrected chi connectivity index (χ1v) is 0. The van der Waals surface area contributed by atoms with Crippen molar-refractivity contribution in [1.29, 1.82) is 0 Å². The Labute approximate surface area is 203 Å². The van der Waals surface area contributed by atoms with Gasteiger partial charge in [0.15, 0.2) is 0 Å². The summed E-state index contributed by atoms with van der Waals surface area (Å²) >= 11 is 0. The molecule has 5 heteroatoms. The van der Waals surface area contributed by atoms with Crippen LogP contribution in [0.3, 0.4) is 0 Å². The number of hydrogen-bond donors (Lipinski definition) is 0. The second-order valence-electron chi connectivity index (χ2n) is 0. The van der Waals surface area contributed by atoms with Crippen LogP contribution in [0, 0.1) is 0 Å². The summed E-state index contributed by atoms with van der Waals surface area (Å²) in [5.41, 5.74) is 0. The third kappa shape index (κ3) is 18.0. The van der Waals surface area contributed by atoms with Gasteiger partial charge in [0.1, 0.15) is 0 Å². The van der Waals surface area contributed by atoms with Gasteiger partial charge in [-0.25, -0.2) is 0 Å². The Morgan fingerprint density at radius 1 is 0.400 bits per heavy atom. The average Bonchev–Trinajstić information content (AvgIpc) is 0. The minimum absolute atomic E-state index is 0. The van der Waals surface area contributed by atoms with Gasteiger partial charge in [-0.05, 0) is 0 Å². The summed E-state index contributed by atoms with van der Waals surface area (Å²) in [6, 6.07) is 0. The predicted molar refractivity (Wildman–Crippen MR) is 32.2 cm³/mol. The van der Waals surface area contributed by atoms with E-state index in [1.165, 1.54) is 0 Å². The van der Waals surface area contributed by atoms with Crippen molar-refractivity contribution in [2.24, 2.45) is 0 Å². The molecule has 1 nitrogen and oxygen atoms in total. The molecule has 16 valence electrons. The van der Waals surface area contributed by atoms with Crippen LogP contribution < -0.4 is 0 Å². The van der Waals surface area contributed by atoms with E-state index in [4.69, 9.17) is 0 Å². The van der Waals surface area contributed by atoms with Crippen LogP contribution in [-0.4, -0.2) is 211 Å². The molecule has 2 N–H and O–H groups in total. The van der Waals surface area contributed by atoms with E-state index >= 15 is 0 Å². The molecule has 0 heterocycles. The van der Waals surface area contributed by atoms with Crippen LogP contribution in [0.15, 0.2) is 0 Å². The molecule has 0 spiro atoms. The van der Waals surface area contributed by atoms with Crippen molar-refractivity contribution in [3.8, 4) is 0 Å². The van der Waals surface area contributed by atoms with Crippen LogP contribution in [0.4, 0.5) is 0 Å². The quantitative estimate of drug-likeness (QED) is 0.346. The normalized spacial score (nSPS) is 0. The molecule has 0 aromatic carbocycles. The molecule has 0 radical (unpaired) electrons. The zero-order valence-electron chi connectivity index (χ0n) is 0.500. The maximum absolute atomic E-state index is 0. The fraction of sp³-hybridized carbons (Fsp3) is 0. The summed E-state index contributed by atoms with van der Waals surface area (Å²) in [5.74, 6) is 0. The summed E-state index contributed by atoms with van der Waals surface area (Å²) in [6.45, 7) is 0. The van der Waals surface area contributed by atoms with Gasteiger partial charge in [0.2, 0.25) is 0 Å². The van der Waals surface area contributed by atoms with E-state index in [1.54, 1.807) is 0 Å². The van der Waals surface area contributed by atoms with Gasteiger partial charge in [-0.1, -0.05) is 0 Å². The number of rotatable bonds is 0. The molecule has 0 amide bonds. The Hall–Kier alpha value is 6.51. The topological polar surface area (TPSA) is 31.5 Å². The summed E-state index contributed by atoms with van der Waals surface area (Å²) < 4.78 is 0. The van der Waals surface area contributed by atoms with Crippen molar-refractivity contribution >= 4 is 206 Å². The van der Waals surface area contributed by atoms with Gasteiger partial charge in [0.25, 0.3) is 0 Å². The summed E-state index contributed by atoms with van der Waals surface area (Å²) in [6.07, 6.45) is 0. The average molecular weight is 178 g/mol. The zero-order chi connectivity index (χ0) is 0. The van der Waals surface area contributed by atoms with Gasteiger partial charge >= 0.3 is 206 Å². The van der Waals surface area contributed by atoms with Crippen LogP contribution in [0.1, 0.15) is 0 Å². The SMILES string of the molecule is O.[KH].[KH].[KH].[KH]. The first kappa shape index (κ1) is 30.0. The van der Waals surface area contributed by atoms with Crippen molar-refractivity contribution < 1.29 is 5.48 Å². The van der Waals surface area contributed by atoms with Gasteiger partial charge in [0.05, 0.1) is 0 Å². The molecule has 0 aliphatic carbocycles. The predicted octanol–water partition coefficient (Wildman–Crippen LogP) is -3.42. The Bertz CT molecular complexity index is 3.61. The van der Waals surface area contributed by atoms with E-state index in [2.05, 4.69) is 0 Å². The van der Waals surface area contributed by atoms with Crippen LogP contribution in [0.2, 0.25) is 0 Å². The van der Waals surface area contributed by atoms with E-state index in [9.17, 15) is 0 Å². The Morgan fingerprint density at radius 3 is 0.400 bits per heavy atom. The van der Waals surface area contributed by atoms with Crippen molar-refractivity contribution in [3.63, 3.8) is 0 Å². The van der Waals surface area contributed by atoms with Gasteiger partial charge in [-0.3, -0.25) is 0 Å². The van der Waals surface area contributed by atoms with Crippen molar-refractivity contribution in [2.45, 2.75) is 0 Å². The van der Waals surface area contributed by atoms with Crippen LogP contribution >= 0.6 is 0 Å². The second kappa shape index (κ2) is 22.4. The van der Waals surface area contributed by atoms with Gasteiger partial charge < -0.3 is 5.48 Å².